The van der Waals surface area contributed by atoms with Gasteiger partial charge in [0.25, 0.3) is 0 Å². The average molecular weight is 348 g/mol. The minimum Gasteiger partial charge on any atom is -0.396 e. The van der Waals surface area contributed by atoms with Crippen LogP contribution in [0.25, 0.3) is 0 Å². The summed E-state index contributed by atoms with van der Waals surface area (Å²) in [6.07, 6.45) is 0.678. The Bertz CT molecular complexity index is 670. The second-order valence-corrected chi connectivity index (χ2v) is 7.81. The molecule has 0 atom stereocenters. The number of hydrogen-bond donors (Lipinski definition) is 1. The molecule has 1 N–H and O–H groups in total. The van der Waals surface area contributed by atoms with Gasteiger partial charge in [-0.05, 0) is 46.7 Å². The highest BCUT2D eigenvalue weighted by Crippen LogP contribution is 2.31. The molecular weight excluding hydrogens is 323 g/mol. The van der Waals surface area contributed by atoms with Gasteiger partial charge in [-0.15, -0.1) is 11.8 Å². The SMILES string of the molecule is COCc1cccc(Cc2cc(F)ccc2SCC(C)(C)CO)c1. The van der Waals surface area contributed by atoms with Crippen molar-refractivity contribution in [3.63, 3.8) is 0 Å². The fraction of sp³-hybridized carbons (Fsp3) is 0.400. The Hall–Kier alpha value is -1.36. The van der Waals surface area contributed by atoms with Gasteiger partial charge in [-0.25, -0.2) is 4.39 Å². The Morgan fingerprint density at radius 1 is 1.12 bits per heavy atom. The third-order valence-electron chi connectivity index (χ3n) is 3.77. The molecular formula is C20H25FO2S. The fourth-order valence-electron chi connectivity index (χ4n) is 2.36. The predicted octanol–water partition coefficient (Wildman–Crippen LogP) is 4.67. The summed E-state index contributed by atoms with van der Waals surface area (Å²) in [5.41, 5.74) is 3.07. The van der Waals surface area contributed by atoms with Crippen LogP contribution in [0.3, 0.4) is 0 Å². The Balaban J connectivity index is 2.19. The standard InChI is InChI=1S/C20H25FO2S/c1-20(2,13-22)14-24-19-8-7-18(21)11-17(19)10-15-5-4-6-16(9-15)12-23-3/h4-9,11,22H,10,12-14H2,1-3H3. The van der Waals surface area contributed by atoms with Crippen molar-refractivity contribution in [3.05, 3.63) is 65.0 Å². The van der Waals surface area contributed by atoms with Crippen molar-refractivity contribution in [1.82, 2.24) is 0 Å². The minimum atomic E-state index is -0.219. The number of ether oxygens (including phenoxy) is 1. The first-order chi connectivity index (χ1) is 11.4. The summed E-state index contributed by atoms with van der Waals surface area (Å²) in [7, 11) is 1.68. The zero-order chi connectivity index (χ0) is 17.6. The number of rotatable bonds is 8. The third-order valence-corrected chi connectivity index (χ3v) is 5.40. The second kappa shape index (κ2) is 8.65. The van der Waals surface area contributed by atoms with Crippen LogP contribution in [0.5, 0.6) is 0 Å². The van der Waals surface area contributed by atoms with Gasteiger partial charge in [0.1, 0.15) is 5.82 Å². The van der Waals surface area contributed by atoms with Crippen LogP contribution in [-0.2, 0) is 17.8 Å². The van der Waals surface area contributed by atoms with Gasteiger partial charge in [0.15, 0.2) is 0 Å². The van der Waals surface area contributed by atoms with Crippen LogP contribution in [0, 0.1) is 11.2 Å². The van der Waals surface area contributed by atoms with E-state index in [-0.39, 0.29) is 17.8 Å². The summed E-state index contributed by atoms with van der Waals surface area (Å²) in [5.74, 6) is 0.565. The van der Waals surface area contributed by atoms with Crippen molar-refractivity contribution in [1.29, 1.82) is 0 Å². The Labute approximate surface area is 148 Å². The quantitative estimate of drug-likeness (QED) is 0.703. The lowest BCUT2D eigenvalue weighted by Gasteiger charge is -2.21. The van der Waals surface area contributed by atoms with Gasteiger partial charge in [0.2, 0.25) is 0 Å². The summed E-state index contributed by atoms with van der Waals surface area (Å²) >= 11 is 1.67. The highest BCUT2D eigenvalue weighted by Gasteiger charge is 2.18. The third kappa shape index (κ3) is 5.62. The van der Waals surface area contributed by atoms with Gasteiger partial charge < -0.3 is 9.84 Å². The summed E-state index contributed by atoms with van der Waals surface area (Å²) in [5, 5.41) is 9.42. The molecule has 0 bridgehead atoms. The van der Waals surface area contributed by atoms with E-state index in [4.69, 9.17) is 4.74 Å². The predicted molar refractivity (Wildman–Crippen MR) is 98.0 cm³/mol. The highest BCUT2D eigenvalue weighted by molar-refractivity contribution is 7.99. The minimum absolute atomic E-state index is 0.135. The molecule has 24 heavy (non-hydrogen) atoms. The number of methoxy groups -OCH3 is 1. The van der Waals surface area contributed by atoms with Gasteiger partial charge in [-0.3, -0.25) is 0 Å². The fourth-order valence-corrected chi connectivity index (χ4v) is 3.48. The van der Waals surface area contributed by atoms with Crippen molar-refractivity contribution in [2.45, 2.75) is 31.8 Å². The van der Waals surface area contributed by atoms with Crippen LogP contribution in [0.4, 0.5) is 4.39 Å². The molecule has 0 saturated carbocycles. The summed E-state index contributed by atoms with van der Waals surface area (Å²) < 4.78 is 18.9. The maximum atomic E-state index is 13.7. The molecule has 2 nitrogen and oxygen atoms in total. The molecule has 0 heterocycles. The Morgan fingerprint density at radius 2 is 1.88 bits per heavy atom. The summed E-state index contributed by atoms with van der Waals surface area (Å²) in [6, 6.07) is 13.1. The van der Waals surface area contributed by atoms with E-state index in [1.54, 1.807) is 24.9 Å². The molecule has 2 aromatic rings. The monoisotopic (exact) mass is 348 g/mol. The first kappa shape index (κ1) is 19.0. The van der Waals surface area contributed by atoms with Gasteiger partial charge in [-0.1, -0.05) is 38.1 Å². The van der Waals surface area contributed by atoms with Crippen LogP contribution < -0.4 is 0 Å². The smallest absolute Gasteiger partial charge is 0.123 e. The molecule has 0 fully saturated rings. The molecule has 0 amide bonds. The van der Waals surface area contributed by atoms with Crippen molar-refractivity contribution >= 4 is 11.8 Å². The van der Waals surface area contributed by atoms with E-state index in [2.05, 4.69) is 12.1 Å². The molecule has 0 aromatic heterocycles. The number of aliphatic hydroxyl groups excluding tert-OH is 1. The molecule has 0 spiro atoms. The van der Waals surface area contributed by atoms with E-state index in [1.165, 1.54) is 6.07 Å². The Morgan fingerprint density at radius 3 is 2.58 bits per heavy atom. The van der Waals surface area contributed by atoms with Crippen molar-refractivity contribution in [3.8, 4) is 0 Å². The van der Waals surface area contributed by atoms with Crippen LogP contribution in [0.2, 0.25) is 0 Å². The zero-order valence-electron chi connectivity index (χ0n) is 14.5. The number of hydrogen-bond acceptors (Lipinski definition) is 3. The molecule has 0 aliphatic rings. The van der Waals surface area contributed by atoms with Gasteiger partial charge in [0, 0.05) is 24.4 Å². The number of halogens is 1. The van der Waals surface area contributed by atoms with Crippen molar-refractivity contribution < 1.29 is 14.2 Å². The van der Waals surface area contributed by atoms with E-state index in [0.29, 0.717) is 13.0 Å². The molecule has 4 heteroatoms. The van der Waals surface area contributed by atoms with E-state index >= 15 is 0 Å². The summed E-state index contributed by atoms with van der Waals surface area (Å²) in [4.78, 5) is 1.06. The van der Waals surface area contributed by atoms with E-state index in [9.17, 15) is 9.50 Å². The first-order valence-electron chi connectivity index (χ1n) is 8.02. The average Bonchev–Trinajstić information content (AvgIpc) is 2.55. The van der Waals surface area contributed by atoms with E-state index in [1.807, 2.05) is 32.0 Å². The van der Waals surface area contributed by atoms with Gasteiger partial charge >= 0.3 is 0 Å². The molecule has 0 aliphatic heterocycles. The van der Waals surface area contributed by atoms with Crippen molar-refractivity contribution in [2.24, 2.45) is 5.41 Å². The lowest BCUT2D eigenvalue weighted by molar-refractivity contribution is 0.180. The van der Waals surface area contributed by atoms with Gasteiger partial charge in [-0.2, -0.15) is 0 Å². The lowest BCUT2D eigenvalue weighted by Crippen LogP contribution is -2.19. The topological polar surface area (TPSA) is 29.5 Å². The molecule has 2 aromatic carbocycles. The normalized spacial score (nSPS) is 11.7. The molecule has 0 unspecified atom stereocenters. The van der Waals surface area contributed by atoms with Crippen LogP contribution in [-0.4, -0.2) is 24.6 Å². The van der Waals surface area contributed by atoms with Crippen LogP contribution in [0.1, 0.15) is 30.5 Å². The number of thioether (sulfide) groups is 1. The first-order valence-corrected chi connectivity index (χ1v) is 9.01. The van der Waals surface area contributed by atoms with E-state index in [0.717, 1.165) is 27.3 Å². The molecule has 0 aliphatic carbocycles. The zero-order valence-corrected chi connectivity index (χ0v) is 15.3. The molecule has 2 rings (SSSR count). The highest BCUT2D eigenvalue weighted by atomic mass is 32.2. The second-order valence-electron chi connectivity index (χ2n) is 6.79. The maximum absolute atomic E-state index is 13.7. The lowest BCUT2D eigenvalue weighted by atomic mass is 9.98. The summed E-state index contributed by atoms with van der Waals surface area (Å²) in [6.45, 7) is 4.76. The van der Waals surface area contributed by atoms with Crippen LogP contribution >= 0.6 is 11.8 Å². The van der Waals surface area contributed by atoms with Crippen molar-refractivity contribution in [2.75, 3.05) is 19.5 Å². The Kier molecular flexibility index (Phi) is 6.84. The molecule has 0 radical (unpaired) electrons. The molecule has 130 valence electrons. The number of aliphatic hydroxyl groups is 1. The van der Waals surface area contributed by atoms with Gasteiger partial charge in [0.05, 0.1) is 6.61 Å². The largest absolute Gasteiger partial charge is 0.396 e. The van der Waals surface area contributed by atoms with E-state index < -0.39 is 0 Å². The maximum Gasteiger partial charge on any atom is 0.123 e. The van der Waals surface area contributed by atoms with Crippen LogP contribution in [0.15, 0.2) is 47.4 Å². The molecule has 0 saturated heterocycles. The number of benzene rings is 2.